The van der Waals surface area contributed by atoms with E-state index in [0.29, 0.717) is 5.17 Å². The largest absolute Gasteiger partial charge is 0.772 e. The SMILES string of the molecule is CN(C)N([O-])CCC(=O)O. The number of rotatable bonds is 4. The first-order valence-electron chi connectivity index (χ1n) is 2.87. The Labute approximate surface area is 59.4 Å². The van der Waals surface area contributed by atoms with Gasteiger partial charge in [-0.2, -0.15) is 0 Å². The monoisotopic (exact) mass is 147 g/mol. The Hall–Kier alpha value is -0.650. The first kappa shape index (κ1) is 9.35. The highest BCUT2D eigenvalue weighted by Crippen LogP contribution is 1.89. The zero-order chi connectivity index (χ0) is 8.15. The second-order valence-electron chi connectivity index (χ2n) is 2.07. The van der Waals surface area contributed by atoms with E-state index in [-0.39, 0.29) is 13.0 Å². The molecule has 0 spiro atoms. The van der Waals surface area contributed by atoms with Gasteiger partial charge in [0.15, 0.2) is 0 Å². The minimum atomic E-state index is -0.956. The highest BCUT2D eigenvalue weighted by Gasteiger charge is 1.98. The quantitative estimate of drug-likeness (QED) is 0.555. The van der Waals surface area contributed by atoms with Crippen molar-refractivity contribution in [1.29, 1.82) is 0 Å². The van der Waals surface area contributed by atoms with Crippen molar-refractivity contribution >= 4 is 5.97 Å². The predicted molar refractivity (Wildman–Crippen MR) is 36.0 cm³/mol. The number of hydrogen-bond donors (Lipinski definition) is 1. The van der Waals surface area contributed by atoms with Gasteiger partial charge >= 0.3 is 5.97 Å². The molecule has 0 aromatic carbocycles. The predicted octanol–water partition coefficient (Wildman–Crippen LogP) is -0.263. The second kappa shape index (κ2) is 4.21. The van der Waals surface area contributed by atoms with Gasteiger partial charge in [-0.25, -0.2) is 0 Å². The minimum absolute atomic E-state index is 0.00231. The number of carboxylic acid groups (broad SMARTS) is 1. The number of aliphatic carboxylic acids is 1. The van der Waals surface area contributed by atoms with Crippen LogP contribution in [0.5, 0.6) is 0 Å². The number of hydrogen-bond acceptors (Lipinski definition) is 4. The fraction of sp³-hybridized carbons (Fsp3) is 0.800. The molecule has 60 valence electrons. The molecule has 0 aliphatic carbocycles. The van der Waals surface area contributed by atoms with Crippen LogP contribution in [-0.4, -0.2) is 41.9 Å². The van der Waals surface area contributed by atoms with Gasteiger partial charge in [0.2, 0.25) is 0 Å². The van der Waals surface area contributed by atoms with Gasteiger partial charge in [0, 0.05) is 20.6 Å². The minimum Gasteiger partial charge on any atom is -0.772 e. The molecule has 0 amide bonds. The maximum atomic E-state index is 10.6. The Morgan fingerprint density at radius 3 is 2.40 bits per heavy atom. The summed E-state index contributed by atoms with van der Waals surface area (Å²) in [6, 6.07) is 0. The van der Waals surface area contributed by atoms with Crippen molar-refractivity contribution in [3.8, 4) is 0 Å². The molecule has 5 nitrogen and oxygen atoms in total. The van der Waals surface area contributed by atoms with Crippen LogP contribution in [0.25, 0.3) is 0 Å². The molecule has 10 heavy (non-hydrogen) atoms. The van der Waals surface area contributed by atoms with E-state index >= 15 is 0 Å². The maximum Gasteiger partial charge on any atom is 0.304 e. The summed E-state index contributed by atoms with van der Waals surface area (Å²) in [5.41, 5.74) is 0. The summed E-state index contributed by atoms with van der Waals surface area (Å²) < 4.78 is 0. The molecule has 1 N–H and O–H groups in total. The molecular formula is C5H11N2O3-. The highest BCUT2D eigenvalue weighted by molar-refractivity contribution is 5.66. The second-order valence-corrected chi connectivity index (χ2v) is 2.07. The Kier molecular flexibility index (Phi) is 3.94. The molecule has 0 heterocycles. The standard InChI is InChI=1S/C5H11N2O3/c1-6(2)7(10)4-3-5(8)9/h3-4H2,1-2H3,(H,8,9)/q-1. The molecule has 0 aromatic rings. The molecule has 0 saturated carbocycles. The average molecular weight is 147 g/mol. The van der Waals surface area contributed by atoms with Crippen LogP contribution in [0.4, 0.5) is 0 Å². The number of hydrazine groups is 1. The molecule has 0 saturated heterocycles. The van der Waals surface area contributed by atoms with Gasteiger partial charge in [-0.05, 0) is 0 Å². The van der Waals surface area contributed by atoms with Gasteiger partial charge in [-0.15, -0.1) is 0 Å². The van der Waals surface area contributed by atoms with Gasteiger partial charge < -0.3 is 15.5 Å². The summed E-state index contributed by atoms with van der Waals surface area (Å²) in [6.45, 7) is 0.00231. The molecule has 0 unspecified atom stereocenters. The van der Waals surface area contributed by atoms with Crippen LogP contribution in [0.2, 0.25) is 0 Å². The van der Waals surface area contributed by atoms with Crippen LogP contribution >= 0.6 is 0 Å². The number of nitrogens with zero attached hydrogens (tertiary/aromatic N) is 2. The van der Waals surface area contributed by atoms with Gasteiger partial charge in [-0.3, -0.25) is 9.80 Å². The van der Waals surface area contributed by atoms with Crippen molar-refractivity contribution in [2.24, 2.45) is 0 Å². The van der Waals surface area contributed by atoms with E-state index in [0.717, 1.165) is 0 Å². The molecule has 5 heteroatoms. The highest BCUT2D eigenvalue weighted by atomic mass is 16.5. The zero-order valence-electron chi connectivity index (χ0n) is 6.07. The van der Waals surface area contributed by atoms with Crippen LogP contribution in [0.15, 0.2) is 0 Å². The van der Waals surface area contributed by atoms with E-state index in [1.54, 1.807) is 14.1 Å². The van der Waals surface area contributed by atoms with Crippen LogP contribution in [0, 0.1) is 5.21 Å². The maximum absolute atomic E-state index is 10.6. The first-order valence-corrected chi connectivity index (χ1v) is 2.87. The van der Waals surface area contributed by atoms with Gasteiger partial charge in [0.1, 0.15) is 0 Å². The molecule has 0 fully saturated rings. The van der Waals surface area contributed by atoms with Crippen LogP contribution < -0.4 is 0 Å². The topological polar surface area (TPSA) is 66.8 Å². The average Bonchev–Trinajstić information content (AvgIpc) is 1.82. The van der Waals surface area contributed by atoms with Crippen molar-refractivity contribution in [1.82, 2.24) is 10.2 Å². The Bertz CT molecular complexity index is 115. The summed E-state index contributed by atoms with van der Waals surface area (Å²) >= 11 is 0. The molecule has 0 radical (unpaired) electrons. The smallest absolute Gasteiger partial charge is 0.304 e. The molecule has 0 atom stereocenters. The van der Waals surface area contributed by atoms with E-state index in [2.05, 4.69) is 0 Å². The van der Waals surface area contributed by atoms with Gasteiger partial charge in [0.05, 0.1) is 6.42 Å². The normalized spacial score (nSPS) is 10.9. The lowest BCUT2D eigenvalue weighted by molar-refractivity contribution is -0.137. The van der Waals surface area contributed by atoms with E-state index in [1.807, 2.05) is 0 Å². The van der Waals surface area contributed by atoms with Crippen molar-refractivity contribution in [2.45, 2.75) is 6.42 Å². The van der Waals surface area contributed by atoms with E-state index in [9.17, 15) is 10.0 Å². The molecule has 0 aliphatic rings. The third kappa shape index (κ3) is 4.25. The van der Waals surface area contributed by atoms with E-state index < -0.39 is 5.97 Å². The van der Waals surface area contributed by atoms with Crippen LogP contribution in [-0.2, 0) is 4.79 Å². The number of hydroxylamine groups is 1. The van der Waals surface area contributed by atoms with E-state index in [4.69, 9.17) is 5.11 Å². The third-order valence-corrected chi connectivity index (χ3v) is 0.963. The first-order chi connectivity index (χ1) is 4.54. The summed E-state index contributed by atoms with van der Waals surface area (Å²) in [5.74, 6) is -0.956. The van der Waals surface area contributed by atoms with Crippen LogP contribution in [0.3, 0.4) is 0 Å². The fourth-order valence-electron chi connectivity index (χ4n) is 0.391. The molecular weight excluding hydrogens is 136 g/mol. The molecule has 0 aliphatic heterocycles. The Balaban J connectivity index is 3.39. The lowest BCUT2D eigenvalue weighted by Crippen LogP contribution is -2.33. The number of carbonyl (C=O) groups is 1. The fourth-order valence-corrected chi connectivity index (χ4v) is 0.391. The van der Waals surface area contributed by atoms with Crippen LogP contribution in [0.1, 0.15) is 6.42 Å². The summed E-state index contributed by atoms with van der Waals surface area (Å²) in [7, 11) is 3.13. The van der Waals surface area contributed by atoms with Gasteiger partial charge in [0.25, 0.3) is 0 Å². The van der Waals surface area contributed by atoms with Crippen molar-refractivity contribution < 1.29 is 9.90 Å². The number of carboxylic acids is 1. The third-order valence-electron chi connectivity index (χ3n) is 0.963. The molecule has 0 rings (SSSR count). The summed E-state index contributed by atoms with van der Waals surface area (Å²) in [6.07, 6.45) is -0.123. The summed E-state index contributed by atoms with van der Waals surface area (Å²) in [5, 5.41) is 20.7. The lowest BCUT2D eigenvalue weighted by Gasteiger charge is -2.33. The van der Waals surface area contributed by atoms with E-state index in [1.165, 1.54) is 5.01 Å². The molecule has 0 bridgehead atoms. The van der Waals surface area contributed by atoms with Crippen molar-refractivity contribution in [2.75, 3.05) is 20.6 Å². The van der Waals surface area contributed by atoms with Crippen molar-refractivity contribution in [3.63, 3.8) is 0 Å². The Morgan fingerprint density at radius 2 is 2.10 bits per heavy atom. The molecule has 0 aromatic heterocycles. The zero-order valence-corrected chi connectivity index (χ0v) is 6.07. The lowest BCUT2D eigenvalue weighted by atomic mass is 10.4. The Morgan fingerprint density at radius 1 is 1.60 bits per heavy atom. The van der Waals surface area contributed by atoms with Gasteiger partial charge in [-0.1, -0.05) is 0 Å². The summed E-state index contributed by atoms with van der Waals surface area (Å²) in [4.78, 5) is 9.94. The van der Waals surface area contributed by atoms with Crippen molar-refractivity contribution in [3.05, 3.63) is 5.21 Å².